The summed E-state index contributed by atoms with van der Waals surface area (Å²) in [5, 5.41) is 25.3. The fourth-order valence-electron chi connectivity index (χ4n) is 1.18. The molecule has 0 radical (unpaired) electrons. The van der Waals surface area contributed by atoms with Crippen LogP contribution in [0.3, 0.4) is 0 Å². The van der Waals surface area contributed by atoms with Gasteiger partial charge in [0.1, 0.15) is 9.85 Å². The van der Waals surface area contributed by atoms with E-state index in [9.17, 15) is 20.2 Å². The summed E-state index contributed by atoms with van der Waals surface area (Å²) in [7, 11) is 0. The number of nitrogens with zero attached hydrogens (tertiary/aromatic N) is 5. The zero-order chi connectivity index (χ0) is 15.8. The third kappa shape index (κ3) is 4.71. The Morgan fingerprint density at radius 1 is 1.05 bits per heavy atom. The van der Waals surface area contributed by atoms with E-state index >= 15 is 0 Å². The first kappa shape index (κ1) is 16.3. The highest BCUT2D eigenvalue weighted by Crippen LogP contribution is 2.19. The fourth-order valence-corrected chi connectivity index (χ4v) is 1.18. The van der Waals surface area contributed by atoms with E-state index in [0.717, 1.165) is 0 Å². The van der Waals surface area contributed by atoms with Crippen molar-refractivity contribution in [2.45, 2.75) is 26.7 Å². The standard InChI is InChI=1S/C10H14N5O6/c1-3-5-20-9-11-7(8(14(16)17)15(18)19)12-10(13-9)21-6-4-2/h3-6H2,1-2H3/q-1. The van der Waals surface area contributed by atoms with Crippen molar-refractivity contribution in [3.8, 4) is 0 Å². The summed E-state index contributed by atoms with van der Waals surface area (Å²) in [6.45, 7) is 4.18. The average molecular weight is 300 g/mol. The SMILES string of the molecule is CCCOC1=NC(=C([N+](=O)[O-])[N+](=O)[O-])N=C(OCCC)[N-]1. The first-order chi connectivity index (χ1) is 9.99. The summed E-state index contributed by atoms with van der Waals surface area (Å²) in [5.41, 5.74) is 0. The first-order valence-electron chi connectivity index (χ1n) is 6.17. The Kier molecular flexibility index (Phi) is 6.04. The zero-order valence-electron chi connectivity index (χ0n) is 11.5. The lowest BCUT2D eigenvalue weighted by Crippen LogP contribution is -2.20. The molecule has 0 amide bonds. The largest absolute Gasteiger partial charge is 0.571 e. The molecule has 0 unspecified atom stereocenters. The molecule has 0 bridgehead atoms. The van der Waals surface area contributed by atoms with E-state index in [0.29, 0.717) is 12.8 Å². The molecule has 0 fully saturated rings. The Balaban J connectivity index is 3.15. The van der Waals surface area contributed by atoms with Gasteiger partial charge < -0.3 is 19.5 Å². The van der Waals surface area contributed by atoms with Crippen LogP contribution in [0.4, 0.5) is 0 Å². The monoisotopic (exact) mass is 300 g/mol. The van der Waals surface area contributed by atoms with Crippen LogP contribution in [-0.4, -0.2) is 35.1 Å². The van der Waals surface area contributed by atoms with Crippen LogP contribution in [0.25, 0.3) is 5.32 Å². The van der Waals surface area contributed by atoms with E-state index in [4.69, 9.17) is 9.47 Å². The molecule has 1 aliphatic rings. The lowest BCUT2D eigenvalue weighted by Gasteiger charge is -2.23. The van der Waals surface area contributed by atoms with Gasteiger partial charge in [0.05, 0.1) is 13.2 Å². The molecule has 11 heteroatoms. The molecular weight excluding hydrogens is 286 g/mol. The fraction of sp³-hybridized carbons (Fsp3) is 0.600. The Labute approximate surface area is 119 Å². The van der Waals surface area contributed by atoms with Crippen LogP contribution >= 0.6 is 0 Å². The highest BCUT2D eigenvalue weighted by molar-refractivity contribution is 6.12. The maximum atomic E-state index is 10.7. The van der Waals surface area contributed by atoms with Crippen LogP contribution < -0.4 is 0 Å². The van der Waals surface area contributed by atoms with E-state index in [1.807, 2.05) is 13.8 Å². The molecule has 11 nitrogen and oxygen atoms in total. The lowest BCUT2D eigenvalue weighted by atomic mass is 10.5. The van der Waals surface area contributed by atoms with Crippen molar-refractivity contribution in [2.75, 3.05) is 13.2 Å². The van der Waals surface area contributed by atoms with Gasteiger partial charge in [0.2, 0.25) is 0 Å². The van der Waals surface area contributed by atoms with Gasteiger partial charge in [-0.3, -0.25) is 25.5 Å². The van der Waals surface area contributed by atoms with E-state index < -0.39 is 21.5 Å². The number of aliphatic imine (C=N–C) groups is 2. The smallest absolute Gasteiger partial charge is 0.487 e. The van der Waals surface area contributed by atoms with E-state index in [-0.39, 0.29) is 25.3 Å². The molecule has 1 aliphatic heterocycles. The molecule has 0 aromatic heterocycles. The van der Waals surface area contributed by atoms with Crippen molar-refractivity contribution in [1.82, 2.24) is 0 Å². The summed E-state index contributed by atoms with van der Waals surface area (Å²) in [4.78, 5) is 26.3. The highest BCUT2D eigenvalue weighted by Gasteiger charge is 2.30. The van der Waals surface area contributed by atoms with Crippen molar-refractivity contribution >= 4 is 12.0 Å². The molecule has 1 heterocycles. The molecule has 21 heavy (non-hydrogen) atoms. The van der Waals surface area contributed by atoms with Crippen LogP contribution in [0.2, 0.25) is 0 Å². The quantitative estimate of drug-likeness (QED) is 0.538. The van der Waals surface area contributed by atoms with Gasteiger partial charge in [0.15, 0.2) is 17.9 Å². The molecule has 0 aromatic rings. The minimum absolute atomic E-state index is 0.253. The van der Waals surface area contributed by atoms with Gasteiger partial charge in [0.25, 0.3) is 0 Å². The maximum Gasteiger partial charge on any atom is 0.571 e. The molecule has 1 rings (SSSR count). The Hall–Kier alpha value is -2.72. The van der Waals surface area contributed by atoms with Crippen molar-refractivity contribution in [3.05, 3.63) is 37.2 Å². The summed E-state index contributed by atoms with van der Waals surface area (Å²) in [6, 6.07) is -0.511. The molecular formula is C10H14N5O6-. The van der Waals surface area contributed by atoms with Crippen molar-refractivity contribution in [2.24, 2.45) is 9.98 Å². The molecule has 0 aromatic carbocycles. The van der Waals surface area contributed by atoms with Crippen LogP contribution in [0.5, 0.6) is 0 Å². The zero-order valence-corrected chi connectivity index (χ0v) is 11.5. The number of nitro groups is 2. The summed E-state index contributed by atoms with van der Waals surface area (Å²) < 4.78 is 10.3. The second kappa shape index (κ2) is 7.77. The van der Waals surface area contributed by atoms with Gasteiger partial charge in [0, 0.05) is 0 Å². The molecule has 0 atom stereocenters. The van der Waals surface area contributed by atoms with Gasteiger partial charge >= 0.3 is 5.82 Å². The van der Waals surface area contributed by atoms with Crippen molar-refractivity contribution < 1.29 is 19.3 Å². The Morgan fingerprint density at radius 3 is 1.81 bits per heavy atom. The van der Waals surface area contributed by atoms with Crippen molar-refractivity contribution in [1.29, 1.82) is 0 Å². The van der Waals surface area contributed by atoms with Gasteiger partial charge in [-0.05, 0) is 12.8 Å². The first-order valence-corrected chi connectivity index (χ1v) is 6.17. The highest BCUT2D eigenvalue weighted by atomic mass is 16.7. The van der Waals surface area contributed by atoms with E-state index in [2.05, 4.69) is 15.3 Å². The van der Waals surface area contributed by atoms with Crippen molar-refractivity contribution in [3.63, 3.8) is 0 Å². The number of amidine groups is 2. The molecule has 116 valence electrons. The molecule has 0 saturated carbocycles. The second-order valence-corrected chi connectivity index (χ2v) is 3.76. The minimum Gasteiger partial charge on any atom is -0.487 e. The van der Waals surface area contributed by atoms with Crippen LogP contribution in [0.1, 0.15) is 26.7 Å². The van der Waals surface area contributed by atoms with Crippen LogP contribution in [0.15, 0.2) is 21.6 Å². The predicted molar refractivity (Wildman–Crippen MR) is 71.7 cm³/mol. The third-order valence-electron chi connectivity index (χ3n) is 2.01. The summed E-state index contributed by atoms with van der Waals surface area (Å²) in [6.07, 6.45) is 1.29. The third-order valence-corrected chi connectivity index (χ3v) is 2.01. The van der Waals surface area contributed by atoms with Gasteiger partial charge in [-0.15, -0.1) is 0 Å². The Bertz CT molecular complexity index is 470. The lowest BCUT2D eigenvalue weighted by molar-refractivity contribution is -0.617. The van der Waals surface area contributed by atoms with E-state index in [1.165, 1.54) is 0 Å². The van der Waals surface area contributed by atoms with Crippen LogP contribution in [0, 0.1) is 20.2 Å². The van der Waals surface area contributed by atoms with Gasteiger partial charge in [-0.25, -0.2) is 0 Å². The van der Waals surface area contributed by atoms with Crippen LogP contribution in [-0.2, 0) is 9.47 Å². The van der Waals surface area contributed by atoms with E-state index in [1.54, 1.807) is 0 Å². The normalized spacial score (nSPS) is 13.7. The summed E-state index contributed by atoms with van der Waals surface area (Å²) in [5.74, 6) is -2.07. The maximum absolute atomic E-state index is 10.7. The number of rotatable bonds is 6. The topological polar surface area (TPSA) is 144 Å². The predicted octanol–water partition coefficient (Wildman–Crippen LogP) is 1.62. The minimum atomic E-state index is -1.36. The number of hydrogen-bond acceptors (Lipinski definition) is 8. The van der Waals surface area contributed by atoms with Gasteiger partial charge in [-0.1, -0.05) is 13.8 Å². The summed E-state index contributed by atoms with van der Waals surface area (Å²) >= 11 is 0. The second-order valence-electron chi connectivity index (χ2n) is 3.76. The average Bonchev–Trinajstić information content (AvgIpc) is 2.42. The molecule has 0 N–H and O–H groups in total. The Morgan fingerprint density at radius 2 is 1.48 bits per heavy atom. The number of ether oxygens (including phenoxy) is 2. The molecule has 0 spiro atoms. The van der Waals surface area contributed by atoms with Gasteiger partial charge in [-0.2, -0.15) is 0 Å². The number of hydrogen-bond donors (Lipinski definition) is 0. The molecule has 0 saturated heterocycles. The molecule has 0 aliphatic carbocycles.